The number of hydrogen-bond acceptors (Lipinski definition) is 4. The zero-order chi connectivity index (χ0) is 15.4. The Bertz CT molecular complexity index is 322. The fourth-order valence-corrected chi connectivity index (χ4v) is 1.48. The summed E-state index contributed by atoms with van der Waals surface area (Å²) in [6.07, 6.45) is 4.97. The summed E-state index contributed by atoms with van der Waals surface area (Å²) >= 11 is 10.1. The second-order valence-corrected chi connectivity index (χ2v) is 5.16. The van der Waals surface area contributed by atoms with Crippen molar-refractivity contribution < 1.29 is 0 Å². The Hall–Kier alpha value is -1.28. The van der Waals surface area contributed by atoms with Crippen LogP contribution in [0.2, 0.25) is 0 Å². The number of nitrogens with one attached hydrogen (secondary N) is 4. The van der Waals surface area contributed by atoms with Crippen molar-refractivity contribution in [3.05, 3.63) is 0 Å². The first-order valence-corrected chi connectivity index (χ1v) is 7.48. The van der Waals surface area contributed by atoms with Crippen molar-refractivity contribution in [2.45, 2.75) is 52.6 Å². The topological polar surface area (TPSA) is 72.8 Å². The molecule has 0 aromatic heterocycles. The van der Waals surface area contributed by atoms with Gasteiger partial charge < -0.3 is 10.6 Å². The minimum Gasteiger partial charge on any atom is -0.359 e. The molecule has 0 radical (unpaired) electrons. The van der Waals surface area contributed by atoms with E-state index in [0.29, 0.717) is 22.3 Å². The summed E-state index contributed by atoms with van der Waals surface area (Å²) in [5.74, 6) is 0. The first kappa shape index (κ1) is 18.7. The van der Waals surface area contributed by atoms with Crippen LogP contribution in [0.25, 0.3) is 0 Å². The highest BCUT2D eigenvalue weighted by Crippen LogP contribution is 1.87. The lowest BCUT2D eigenvalue weighted by Crippen LogP contribution is -2.38. The van der Waals surface area contributed by atoms with Gasteiger partial charge in [-0.25, -0.2) is 0 Å². The van der Waals surface area contributed by atoms with Crippen molar-refractivity contribution in [3.63, 3.8) is 0 Å². The van der Waals surface area contributed by atoms with Crippen molar-refractivity contribution >= 4 is 47.1 Å². The van der Waals surface area contributed by atoms with E-state index in [2.05, 4.69) is 45.5 Å². The molecule has 0 spiro atoms. The Labute approximate surface area is 131 Å². The summed E-state index contributed by atoms with van der Waals surface area (Å²) in [5.41, 5.74) is 5.40. The Morgan fingerprint density at radius 2 is 1.25 bits per heavy atom. The fraction of sp³-hybridized carbons (Fsp3) is 0.667. The number of nitrogens with zero attached hydrogens (tertiary/aromatic N) is 2. The monoisotopic (exact) mass is 316 g/mol. The molecule has 0 rings (SSSR count). The standard InChI is InChI=1S/C12H24N6S2/c1-5-9(3)15-11(19)17-13-7-8-14-18-12(20)16-10(4)6-2/h7-10H,5-6H2,1-4H3,(H2,15,17,19)(H2,16,18,20). The largest absolute Gasteiger partial charge is 0.359 e. The van der Waals surface area contributed by atoms with E-state index in [1.54, 1.807) is 0 Å². The molecule has 0 fully saturated rings. The van der Waals surface area contributed by atoms with Gasteiger partial charge in [-0.2, -0.15) is 10.2 Å². The van der Waals surface area contributed by atoms with Crippen molar-refractivity contribution in [3.8, 4) is 0 Å². The predicted octanol–water partition coefficient (Wildman–Crippen LogP) is 1.48. The van der Waals surface area contributed by atoms with E-state index in [1.807, 2.05) is 13.8 Å². The molecule has 0 aliphatic carbocycles. The van der Waals surface area contributed by atoms with Gasteiger partial charge in [0.25, 0.3) is 0 Å². The van der Waals surface area contributed by atoms with Crippen LogP contribution in [0.3, 0.4) is 0 Å². The summed E-state index contributed by atoms with van der Waals surface area (Å²) in [7, 11) is 0. The normalized spacial score (nSPS) is 14.0. The van der Waals surface area contributed by atoms with E-state index in [9.17, 15) is 0 Å². The van der Waals surface area contributed by atoms with Crippen molar-refractivity contribution in [1.82, 2.24) is 21.5 Å². The second kappa shape index (κ2) is 11.5. The number of hydrazone groups is 2. The molecule has 0 aromatic rings. The molecular formula is C12H24N6S2. The van der Waals surface area contributed by atoms with Crippen molar-refractivity contribution in [1.29, 1.82) is 0 Å². The zero-order valence-corrected chi connectivity index (χ0v) is 14.1. The van der Waals surface area contributed by atoms with Gasteiger partial charge >= 0.3 is 0 Å². The Morgan fingerprint density at radius 1 is 0.900 bits per heavy atom. The molecule has 0 heterocycles. The predicted molar refractivity (Wildman–Crippen MR) is 94.2 cm³/mol. The van der Waals surface area contributed by atoms with Gasteiger partial charge in [0.05, 0.1) is 12.4 Å². The lowest BCUT2D eigenvalue weighted by molar-refractivity contribution is 0.634. The molecule has 0 saturated heterocycles. The molecular weight excluding hydrogens is 292 g/mol. The average molecular weight is 317 g/mol. The molecule has 2 unspecified atom stereocenters. The third-order valence-corrected chi connectivity index (χ3v) is 2.95. The van der Waals surface area contributed by atoms with E-state index in [4.69, 9.17) is 24.4 Å². The molecule has 0 aromatic carbocycles. The van der Waals surface area contributed by atoms with Gasteiger partial charge in [0.2, 0.25) is 0 Å². The molecule has 0 aliphatic heterocycles. The zero-order valence-electron chi connectivity index (χ0n) is 12.4. The molecule has 8 heteroatoms. The van der Waals surface area contributed by atoms with Crippen LogP contribution in [0.4, 0.5) is 0 Å². The minimum atomic E-state index is 0.324. The van der Waals surface area contributed by atoms with Gasteiger partial charge in [0.15, 0.2) is 10.2 Å². The first-order valence-electron chi connectivity index (χ1n) is 6.67. The Morgan fingerprint density at radius 3 is 1.55 bits per heavy atom. The van der Waals surface area contributed by atoms with Gasteiger partial charge in [-0.3, -0.25) is 10.9 Å². The Balaban J connectivity index is 3.81. The summed E-state index contributed by atoms with van der Waals surface area (Å²) < 4.78 is 0. The number of rotatable bonds is 7. The first-order chi connectivity index (χ1) is 9.49. The van der Waals surface area contributed by atoms with E-state index < -0.39 is 0 Å². The third kappa shape index (κ3) is 10.6. The summed E-state index contributed by atoms with van der Waals surface area (Å²) in [6, 6.07) is 0.647. The lowest BCUT2D eigenvalue weighted by Gasteiger charge is -2.12. The van der Waals surface area contributed by atoms with E-state index in [0.717, 1.165) is 12.8 Å². The molecule has 0 amide bonds. The van der Waals surface area contributed by atoms with Crippen LogP contribution in [0.1, 0.15) is 40.5 Å². The molecule has 6 nitrogen and oxygen atoms in total. The maximum Gasteiger partial charge on any atom is 0.187 e. The quantitative estimate of drug-likeness (QED) is 0.324. The highest BCUT2D eigenvalue weighted by Gasteiger charge is 1.99. The van der Waals surface area contributed by atoms with Crippen LogP contribution in [0, 0.1) is 0 Å². The van der Waals surface area contributed by atoms with Crippen molar-refractivity contribution in [2.75, 3.05) is 0 Å². The van der Waals surface area contributed by atoms with Gasteiger partial charge in [0, 0.05) is 12.1 Å². The van der Waals surface area contributed by atoms with Gasteiger partial charge in [-0.1, -0.05) is 13.8 Å². The van der Waals surface area contributed by atoms with Gasteiger partial charge in [-0.15, -0.1) is 0 Å². The van der Waals surface area contributed by atoms with E-state index in [-0.39, 0.29) is 0 Å². The molecule has 2 atom stereocenters. The highest BCUT2D eigenvalue weighted by molar-refractivity contribution is 7.80. The van der Waals surface area contributed by atoms with Crippen LogP contribution >= 0.6 is 24.4 Å². The molecule has 20 heavy (non-hydrogen) atoms. The maximum absolute atomic E-state index is 5.05. The van der Waals surface area contributed by atoms with Crippen LogP contribution in [-0.2, 0) is 0 Å². The van der Waals surface area contributed by atoms with E-state index in [1.165, 1.54) is 12.4 Å². The molecule has 0 aliphatic rings. The molecule has 114 valence electrons. The number of hydrogen-bond donors (Lipinski definition) is 4. The molecule has 4 N–H and O–H groups in total. The average Bonchev–Trinajstić information content (AvgIpc) is 2.42. The maximum atomic E-state index is 5.05. The highest BCUT2D eigenvalue weighted by atomic mass is 32.1. The van der Waals surface area contributed by atoms with Gasteiger partial charge in [-0.05, 0) is 51.1 Å². The summed E-state index contributed by atoms with van der Waals surface area (Å²) in [5, 5.41) is 14.9. The smallest absolute Gasteiger partial charge is 0.187 e. The SMILES string of the molecule is CCC(C)NC(=S)NN=CC=NNC(=S)NC(C)CC. The van der Waals surface area contributed by atoms with Crippen LogP contribution in [0.15, 0.2) is 10.2 Å². The minimum absolute atomic E-state index is 0.324. The van der Waals surface area contributed by atoms with Crippen LogP contribution in [-0.4, -0.2) is 34.7 Å². The summed E-state index contributed by atoms with van der Waals surface area (Å²) in [4.78, 5) is 0. The molecule has 0 saturated carbocycles. The van der Waals surface area contributed by atoms with Crippen LogP contribution < -0.4 is 21.5 Å². The Kier molecular flexibility index (Phi) is 10.8. The second-order valence-electron chi connectivity index (χ2n) is 4.35. The molecule has 0 bridgehead atoms. The third-order valence-electron chi connectivity index (χ3n) is 2.53. The van der Waals surface area contributed by atoms with E-state index >= 15 is 0 Å². The fourth-order valence-electron chi connectivity index (χ4n) is 0.975. The summed E-state index contributed by atoms with van der Waals surface area (Å²) in [6.45, 7) is 8.26. The lowest BCUT2D eigenvalue weighted by atomic mass is 10.3. The van der Waals surface area contributed by atoms with Crippen molar-refractivity contribution in [2.24, 2.45) is 10.2 Å². The number of thiocarbonyl (C=S) groups is 2. The van der Waals surface area contributed by atoms with Crippen LogP contribution in [0.5, 0.6) is 0 Å². The van der Waals surface area contributed by atoms with Gasteiger partial charge in [0.1, 0.15) is 0 Å².